The monoisotopic (exact) mass is 479 g/mol. The minimum Gasteiger partial charge on any atom is -0.367 e. The molecule has 0 aromatic heterocycles. The Morgan fingerprint density at radius 1 is 0.971 bits per heavy atom. The minimum atomic E-state index is -0.578. The average molecular weight is 480 g/mol. The first-order chi connectivity index (χ1) is 17.0. The number of benzene rings is 2. The number of piperazine rings is 1. The van der Waals surface area contributed by atoms with Gasteiger partial charge < -0.3 is 14.5 Å². The fourth-order valence-electron chi connectivity index (χ4n) is 5.84. The van der Waals surface area contributed by atoms with E-state index in [1.165, 1.54) is 6.07 Å². The second kappa shape index (κ2) is 10.1. The van der Waals surface area contributed by atoms with Crippen molar-refractivity contribution in [1.29, 1.82) is 0 Å². The largest absolute Gasteiger partial charge is 0.367 e. The lowest BCUT2D eigenvalue weighted by Crippen LogP contribution is -2.49. The van der Waals surface area contributed by atoms with Crippen LogP contribution in [-0.2, 0) is 20.9 Å². The van der Waals surface area contributed by atoms with Crippen LogP contribution in [0.25, 0.3) is 0 Å². The molecule has 35 heavy (non-hydrogen) atoms. The maximum Gasteiger partial charge on any atom is 0.256 e. The highest BCUT2D eigenvalue weighted by atomic mass is 19.1. The molecule has 7 heteroatoms. The highest BCUT2D eigenvalue weighted by Gasteiger charge is 2.59. The zero-order valence-electron chi connectivity index (χ0n) is 20.4. The van der Waals surface area contributed by atoms with E-state index < -0.39 is 6.10 Å². The number of methoxy groups -OCH3 is 1. The average Bonchev–Trinajstić information content (AvgIpc) is 3.58. The molecule has 1 saturated carbocycles. The molecule has 1 spiro atoms. The van der Waals surface area contributed by atoms with Crippen LogP contribution in [0.5, 0.6) is 0 Å². The van der Waals surface area contributed by atoms with Crippen LogP contribution in [0.2, 0.25) is 0 Å². The van der Waals surface area contributed by atoms with Gasteiger partial charge in [0.05, 0.1) is 0 Å². The molecule has 5 rings (SSSR count). The van der Waals surface area contributed by atoms with Crippen LogP contribution in [0, 0.1) is 17.2 Å². The van der Waals surface area contributed by atoms with Gasteiger partial charge in [-0.25, -0.2) is 4.39 Å². The first kappa shape index (κ1) is 23.9. The lowest BCUT2D eigenvalue weighted by Gasteiger charge is -2.37. The van der Waals surface area contributed by atoms with Crippen molar-refractivity contribution in [1.82, 2.24) is 14.7 Å². The predicted octanol–water partition coefficient (Wildman–Crippen LogP) is 3.49. The quantitative estimate of drug-likeness (QED) is 0.637. The molecule has 186 valence electrons. The Kier molecular flexibility index (Phi) is 6.89. The normalized spacial score (nSPS) is 22.7. The molecule has 6 nitrogen and oxygen atoms in total. The van der Waals surface area contributed by atoms with E-state index in [-0.39, 0.29) is 29.0 Å². The summed E-state index contributed by atoms with van der Waals surface area (Å²) < 4.78 is 19.0. The second-order valence-electron chi connectivity index (χ2n) is 10.2. The van der Waals surface area contributed by atoms with Crippen molar-refractivity contribution in [2.45, 2.75) is 31.9 Å². The molecule has 3 fully saturated rings. The highest BCUT2D eigenvalue weighted by molar-refractivity contribution is 5.84. The molecule has 2 aromatic rings. The zero-order chi connectivity index (χ0) is 24.4. The molecule has 2 aliphatic heterocycles. The minimum absolute atomic E-state index is 0.00601. The number of halogens is 1. The van der Waals surface area contributed by atoms with Gasteiger partial charge in [0.25, 0.3) is 5.91 Å². The Labute approximate surface area is 206 Å². The van der Waals surface area contributed by atoms with Crippen molar-refractivity contribution in [3.05, 3.63) is 71.5 Å². The van der Waals surface area contributed by atoms with E-state index in [0.29, 0.717) is 19.6 Å². The molecule has 2 heterocycles. The second-order valence-corrected chi connectivity index (χ2v) is 10.2. The van der Waals surface area contributed by atoms with Crippen molar-refractivity contribution < 1.29 is 18.7 Å². The van der Waals surface area contributed by atoms with E-state index in [4.69, 9.17) is 4.74 Å². The Morgan fingerprint density at radius 3 is 2.34 bits per heavy atom. The Hall–Kier alpha value is -2.77. The van der Waals surface area contributed by atoms with Crippen molar-refractivity contribution in [3.63, 3.8) is 0 Å². The van der Waals surface area contributed by atoms with E-state index in [1.807, 2.05) is 46.2 Å². The Balaban J connectivity index is 1.10. The molecule has 2 saturated heterocycles. The van der Waals surface area contributed by atoms with E-state index in [0.717, 1.165) is 56.6 Å². The molecular formula is C28H34FN3O3. The number of likely N-dealkylation sites (tertiary alicyclic amines) is 1. The number of ether oxygens (including phenoxy) is 1. The topological polar surface area (TPSA) is 53.1 Å². The summed E-state index contributed by atoms with van der Waals surface area (Å²) in [5, 5.41) is 0. The number of carbonyl (C=O) groups is 2. The van der Waals surface area contributed by atoms with Crippen LogP contribution in [-0.4, -0.2) is 72.9 Å². The number of nitrogens with zero attached hydrogens (tertiary/aromatic N) is 3. The summed E-state index contributed by atoms with van der Waals surface area (Å²) in [5.74, 6) is 0.156. The summed E-state index contributed by atoms with van der Waals surface area (Å²) in [6.45, 7) is 5.12. The smallest absolute Gasteiger partial charge is 0.256 e. The van der Waals surface area contributed by atoms with Gasteiger partial charge in [0.15, 0.2) is 6.10 Å². The van der Waals surface area contributed by atoms with Gasteiger partial charge >= 0.3 is 0 Å². The number of carbonyl (C=O) groups excluding carboxylic acids is 2. The van der Waals surface area contributed by atoms with Crippen LogP contribution in [0.15, 0.2) is 54.6 Å². The first-order valence-corrected chi connectivity index (χ1v) is 12.6. The number of amides is 2. The Bertz CT molecular complexity index is 1050. The van der Waals surface area contributed by atoms with Crippen molar-refractivity contribution in [2.75, 3.05) is 46.4 Å². The molecule has 0 unspecified atom stereocenters. The molecule has 3 aliphatic rings. The summed E-state index contributed by atoms with van der Waals surface area (Å²) in [6, 6.07) is 16.3. The molecule has 0 radical (unpaired) electrons. The third-order valence-corrected chi connectivity index (χ3v) is 8.10. The van der Waals surface area contributed by atoms with E-state index >= 15 is 0 Å². The van der Waals surface area contributed by atoms with Crippen LogP contribution in [0.1, 0.15) is 36.5 Å². The fraction of sp³-hybridized carbons (Fsp3) is 0.500. The Morgan fingerprint density at radius 2 is 1.69 bits per heavy atom. The molecule has 2 aromatic carbocycles. The van der Waals surface area contributed by atoms with Crippen LogP contribution < -0.4 is 0 Å². The predicted molar refractivity (Wildman–Crippen MR) is 131 cm³/mol. The van der Waals surface area contributed by atoms with E-state index in [1.54, 1.807) is 19.2 Å². The molecule has 0 N–H and O–H groups in total. The number of hydrogen-bond acceptors (Lipinski definition) is 4. The lowest BCUT2D eigenvalue weighted by atomic mass is 9.90. The summed E-state index contributed by atoms with van der Waals surface area (Å²) in [4.78, 5) is 32.6. The van der Waals surface area contributed by atoms with Gasteiger partial charge in [0.1, 0.15) is 5.82 Å². The first-order valence-electron chi connectivity index (χ1n) is 12.6. The molecule has 2 amide bonds. The van der Waals surface area contributed by atoms with E-state index in [9.17, 15) is 14.0 Å². The van der Waals surface area contributed by atoms with Gasteiger partial charge in [0.2, 0.25) is 5.91 Å². The van der Waals surface area contributed by atoms with Crippen LogP contribution >= 0.6 is 0 Å². The number of hydrogen-bond donors (Lipinski definition) is 0. The van der Waals surface area contributed by atoms with Gasteiger partial charge in [-0.05, 0) is 47.9 Å². The third kappa shape index (κ3) is 5.11. The highest BCUT2D eigenvalue weighted by Crippen LogP contribution is 2.60. The van der Waals surface area contributed by atoms with Crippen LogP contribution in [0.4, 0.5) is 4.39 Å². The third-order valence-electron chi connectivity index (χ3n) is 8.10. The lowest BCUT2D eigenvalue weighted by molar-refractivity contribution is -0.144. The fourth-order valence-corrected chi connectivity index (χ4v) is 5.84. The summed E-state index contributed by atoms with van der Waals surface area (Å²) in [5.41, 5.74) is 1.90. The summed E-state index contributed by atoms with van der Waals surface area (Å²) in [7, 11) is 1.58. The standard InChI is InChI=1S/C28H34FN3O3/c1-35-25(22-7-3-2-4-8-22)27(34)31-12-10-28(11-13-31)19-24(28)26(33)32-16-14-30(15-17-32)20-21-6-5-9-23(29)18-21/h2-9,18,24-25H,10-17,19-20H2,1H3/t24-,25+/m1/s1. The van der Waals surface area contributed by atoms with Crippen molar-refractivity contribution in [2.24, 2.45) is 11.3 Å². The van der Waals surface area contributed by atoms with Gasteiger partial charge in [-0.1, -0.05) is 42.5 Å². The molecule has 2 atom stereocenters. The zero-order valence-corrected chi connectivity index (χ0v) is 20.4. The molecular weight excluding hydrogens is 445 g/mol. The summed E-state index contributed by atoms with van der Waals surface area (Å²) in [6.07, 6.45) is 2.11. The number of rotatable bonds is 6. The van der Waals surface area contributed by atoms with Crippen LogP contribution in [0.3, 0.4) is 0 Å². The maximum absolute atomic E-state index is 13.5. The molecule has 1 aliphatic carbocycles. The van der Waals surface area contributed by atoms with Gasteiger partial charge in [-0.2, -0.15) is 0 Å². The van der Waals surface area contributed by atoms with Crippen molar-refractivity contribution >= 4 is 11.8 Å². The van der Waals surface area contributed by atoms with Crippen molar-refractivity contribution in [3.8, 4) is 0 Å². The SMILES string of the molecule is CO[C@H](C(=O)N1CCC2(CC1)C[C@@H]2C(=O)N1CCN(Cc2cccc(F)c2)CC1)c1ccccc1. The maximum atomic E-state index is 13.5. The number of piperidine rings is 1. The summed E-state index contributed by atoms with van der Waals surface area (Å²) >= 11 is 0. The van der Waals surface area contributed by atoms with Gasteiger partial charge in [-0.3, -0.25) is 14.5 Å². The van der Waals surface area contributed by atoms with Gasteiger partial charge in [0, 0.05) is 58.8 Å². The van der Waals surface area contributed by atoms with E-state index in [2.05, 4.69) is 4.90 Å². The molecule has 0 bridgehead atoms. The van der Waals surface area contributed by atoms with Gasteiger partial charge in [-0.15, -0.1) is 0 Å².